The molecule has 4 nitrogen and oxygen atoms in total. The van der Waals surface area contributed by atoms with Crippen molar-refractivity contribution in [1.82, 2.24) is 9.55 Å². The maximum Gasteiger partial charge on any atom is 3.00 e. The van der Waals surface area contributed by atoms with Gasteiger partial charge in [0.1, 0.15) is 5.75 Å². The number of hydrogen-bond donors (Lipinski definition) is 0. The molecule has 0 spiro atoms. The Morgan fingerprint density at radius 3 is 2.51 bits per heavy atom. The predicted molar refractivity (Wildman–Crippen MR) is 149 cm³/mol. The van der Waals surface area contributed by atoms with E-state index in [9.17, 15) is 0 Å². The fourth-order valence-electron chi connectivity index (χ4n) is 5.63. The maximum absolute atomic E-state index is 6.38. The predicted octanol–water partition coefficient (Wildman–Crippen LogP) is 7.83. The maximum atomic E-state index is 6.38. The molecule has 2 aromatic heterocycles. The molecule has 2 aliphatic rings. The van der Waals surface area contributed by atoms with Crippen molar-refractivity contribution >= 4 is 21.8 Å². The Hall–Kier alpha value is -3.79. The third-order valence-corrected chi connectivity index (χ3v) is 7.48. The first-order valence-electron chi connectivity index (χ1n) is 13.3. The molecule has 0 amide bonds. The van der Waals surface area contributed by atoms with Gasteiger partial charge >= 0.3 is 20.1 Å². The van der Waals surface area contributed by atoms with E-state index in [1.165, 1.54) is 37.6 Å². The number of pyridine rings is 1. The minimum Gasteiger partial charge on any atom is -0.526 e. The Morgan fingerprint density at radius 2 is 1.69 bits per heavy atom. The zero-order valence-corrected chi connectivity index (χ0v) is 23.8. The molecule has 39 heavy (non-hydrogen) atoms. The van der Waals surface area contributed by atoms with Crippen LogP contribution in [0, 0.1) is 18.5 Å². The van der Waals surface area contributed by atoms with Crippen LogP contribution < -0.4 is 9.30 Å². The van der Waals surface area contributed by atoms with Gasteiger partial charge in [-0.05, 0) is 49.2 Å². The molecule has 0 atom stereocenters. The van der Waals surface area contributed by atoms with Crippen molar-refractivity contribution in [3.63, 3.8) is 0 Å². The molecule has 4 aromatic carbocycles. The van der Waals surface area contributed by atoms with Crippen LogP contribution in [0.3, 0.4) is 0 Å². The van der Waals surface area contributed by atoms with Crippen LogP contribution >= 0.6 is 0 Å². The van der Waals surface area contributed by atoms with Gasteiger partial charge in [-0.1, -0.05) is 54.3 Å². The van der Waals surface area contributed by atoms with Crippen molar-refractivity contribution in [2.75, 3.05) is 0 Å². The second-order valence-electron chi connectivity index (χ2n) is 9.87. The molecule has 0 N–H and O–H groups in total. The van der Waals surface area contributed by atoms with Gasteiger partial charge < -0.3 is 18.9 Å². The van der Waals surface area contributed by atoms with Gasteiger partial charge in [0.25, 0.3) is 0 Å². The summed E-state index contributed by atoms with van der Waals surface area (Å²) in [6.45, 7) is 0. The molecule has 3 heterocycles. The third-order valence-electron chi connectivity index (χ3n) is 7.48. The van der Waals surface area contributed by atoms with Crippen LogP contribution in [0.4, 0.5) is 0 Å². The van der Waals surface area contributed by atoms with E-state index >= 15 is 0 Å². The van der Waals surface area contributed by atoms with Gasteiger partial charge in [0.15, 0.2) is 0 Å². The number of imidazole rings is 1. The minimum atomic E-state index is 0. The van der Waals surface area contributed by atoms with Crippen LogP contribution in [0.25, 0.3) is 38.8 Å². The van der Waals surface area contributed by atoms with Gasteiger partial charge in [-0.15, -0.1) is 47.3 Å². The topological polar surface area (TPSA) is 30.9 Å². The van der Waals surface area contributed by atoms with Crippen LogP contribution in [-0.2, 0) is 20.1 Å². The summed E-state index contributed by atoms with van der Waals surface area (Å²) in [4.78, 5) is 4.22. The van der Waals surface area contributed by atoms with Gasteiger partial charge in [0.2, 0.25) is 6.33 Å². The van der Waals surface area contributed by atoms with Crippen molar-refractivity contribution in [2.24, 2.45) is 0 Å². The van der Waals surface area contributed by atoms with E-state index in [-0.39, 0.29) is 20.1 Å². The summed E-state index contributed by atoms with van der Waals surface area (Å²) in [5, 5.41) is 2.27. The summed E-state index contributed by atoms with van der Waals surface area (Å²) in [6, 6.07) is 37.5. The van der Waals surface area contributed by atoms with E-state index in [0.29, 0.717) is 6.04 Å². The molecule has 0 radical (unpaired) electrons. The van der Waals surface area contributed by atoms with Crippen LogP contribution in [0.1, 0.15) is 38.1 Å². The number of rotatable bonds is 2. The molecule has 0 unspecified atom stereocenters. The summed E-state index contributed by atoms with van der Waals surface area (Å²) in [5.41, 5.74) is 5.29. The van der Waals surface area contributed by atoms with E-state index in [0.717, 1.165) is 44.7 Å². The molecule has 0 bridgehead atoms. The van der Waals surface area contributed by atoms with E-state index < -0.39 is 0 Å². The summed E-state index contributed by atoms with van der Waals surface area (Å²) in [5.74, 6) is 1.79. The Bertz CT molecular complexity index is 1690. The molecular weight excluding hydrogens is 659 g/mol. The number of ether oxygens (including phenoxy) is 1. The number of hydrogen-bond acceptors (Lipinski definition) is 2. The second-order valence-corrected chi connectivity index (χ2v) is 9.87. The number of fused-ring (bicyclic) bond motifs is 4. The van der Waals surface area contributed by atoms with E-state index in [1.807, 2.05) is 42.5 Å². The van der Waals surface area contributed by atoms with Gasteiger partial charge in [0, 0.05) is 11.9 Å². The van der Waals surface area contributed by atoms with E-state index in [4.69, 9.17) is 4.74 Å². The summed E-state index contributed by atoms with van der Waals surface area (Å²) < 4.78 is 10.9. The van der Waals surface area contributed by atoms with Crippen molar-refractivity contribution < 1.29 is 29.4 Å². The number of aromatic nitrogens is 3. The molecule has 8 rings (SSSR count). The number of nitrogens with zero attached hydrogens (tertiary/aromatic N) is 3. The SMILES string of the molecule is [Ir+3].[c-]1cc2ccccc2c2c1-[n+]1[c-]n(C3CCCCC3)c3cccc(c31)O2.[c-]1ccccc1-c1ccccn1. The molecule has 1 fully saturated rings. The minimum absolute atomic E-state index is 0. The van der Waals surface area contributed by atoms with Gasteiger partial charge in [0.05, 0.1) is 17.1 Å². The normalized spacial score (nSPS) is 14.1. The van der Waals surface area contributed by atoms with E-state index in [2.05, 4.69) is 81.1 Å². The van der Waals surface area contributed by atoms with Crippen LogP contribution in [0.15, 0.2) is 97.2 Å². The van der Waals surface area contributed by atoms with Crippen molar-refractivity contribution in [2.45, 2.75) is 38.1 Å². The summed E-state index contributed by atoms with van der Waals surface area (Å²) in [6.07, 6.45) is 11.9. The third kappa shape index (κ3) is 4.78. The number of benzene rings is 4. The number of para-hydroxylation sites is 1. The molecule has 192 valence electrons. The molecule has 1 saturated carbocycles. The largest absolute Gasteiger partial charge is 3.00 e. The fraction of sp³-hybridized carbons (Fsp3) is 0.176. The molecule has 1 aliphatic heterocycles. The van der Waals surface area contributed by atoms with Gasteiger partial charge in [-0.2, -0.15) is 12.1 Å². The Balaban J connectivity index is 0.000000180. The Labute approximate surface area is 242 Å². The van der Waals surface area contributed by atoms with Crippen LogP contribution in [0.5, 0.6) is 11.5 Å². The first-order chi connectivity index (χ1) is 18.9. The Kier molecular flexibility index (Phi) is 7.28. The molecule has 6 aromatic rings. The molecule has 1 aliphatic carbocycles. The zero-order chi connectivity index (χ0) is 25.3. The monoisotopic (exact) mass is 686 g/mol. The summed E-state index contributed by atoms with van der Waals surface area (Å²) in [7, 11) is 0. The van der Waals surface area contributed by atoms with Crippen molar-refractivity contribution in [1.29, 1.82) is 0 Å². The van der Waals surface area contributed by atoms with E-state index in [1.54, 1.807) is 6.20 Å². The average molecular weight is 686 g/mol. The van der Waals surface area contributed by atoms with Crippen LogP contribution in [0.2, 0.25) is 0 Å². The average Bonchev–Trinajstić information content (AvgIpc) is 3.40. The molecule has 0 saturated heterocycles. The molecule has 5 heteroatoms. The first-order valence-corrected chi connectivity index (χ1v) is 13.3. The molecular formula is C34H27IrN3O+. The summed E-state index contributed by atoms with van der Waals surface area (Å²) >= 11 is 0. The smallest absolute Gasteiger partial charge is 0.526 e. The second kappa shape index (κ2) is 11.1. The standard InChI is InChI=1S/C23H19N2O.C11H8N.Ir/c1-2-8-17(9-3-1)24-15-25-20-14-13-16-7-4-5-10-18(16)23(20)26-21-12-6-11-19(24)22(21)25;1-2-6-10(7-3-1)11-8-4-5-9-12-11;/h4-7,10-13,17H,1-3,8-9H2;1-6,8-9H;/q2*-1;+3. The zero-order valence-electron chi connectivity index (χ0n) is 21.4. The quantitative estimate of drug-likeness (QED) is 0.137. The van der Waals surface area contributed by atoms with Crippen molar-refractivity contribution in [3.8, 4) is 28.4 Å². The van der Waals surface area contributed by atoms with Crippen LogP contribution in [-0.4, -0.2) is 9.55 Å². The van der Waals surface area contributed by atoms with Gasteiger partial charge in [-0.3, -0.25) is 0 Å². The first kappa shape index (κ1) is 25.5. The van der Waals surface area contributed by atoms with Gasteiger partial charge in [-0.25, -0.2) is 0 Å². The van der Waals surface area contributed by atoms with Crippen molar-refractivity contribution in [3.05, 3.63) is 116 Å². The fourth-order valence-corrected chi connectivity index (χ4v) is 5.63. The Morgan fingerprint density at radius 1 is 0.846 bits per heavy atom.